The zero-order valence-corrected chi connectivity index (χ0v) is 11.4. The van der Waals surface area contributed by atoms with Gasteiger partial charge in [0.2, 0.25) is 0 Å². The molecule has 1 rings (SSSR count). The van der Waals surface area contributed by atoms with E-state index in [1.165, 1.54) is 19.3 Å². The van der Waals surface area contributed by atoms with Gasteiger partial charge in [0.05, 0.1) is 11.6 Å². The molecule has 0 N–H and O–H groups in total. The van der Waals surface area contributed by atoms with Gasteiger partial charge in [0.15, 0.2) is 0 Å². The first-order valence-corrected chi connectivity index (χ1v) is 6.57. The lowest BCUT2D eigenvalue weighted by molar-refractivity contribution is 0.235. The van der Waals surface area contributed by atoms with Crippen LogP contribution in [0.5, 0.6) is 5.75 Å². The standard InChI is InChI=1S/C15H22N2O/c1-3-4-5-10-17(2)11-12-18-15-8-6-14(13-16)7-9-15/h6-9H,3-5,10-12H2,1-2H3. The van der Waals surface area contributed by atoms with Crippen molar-refractivity contribution in [3.05, 3.63) is 29.8 Å². The van der Waals surface area contributed by atoms with Crippen molar-refractivity contribution >= 4 is 0 Å². The van der Waals surface area contributed by atoms with Gasteiger partial charge in [0.1, 0.15) is 12.4 Å². The van der Waals surface area contributed by atoms with Crippen LogP contribution in [0.25, 0.3) is 0 Å². The highest BCUT2D eigenvalue weighted by Gasteiger charge is 1.99. The van der Waals surface area contributed by atoms with Gasteiger partial charge in [-0.15, -0.1) is 0 Å². The fourth-order valence-electron chi connectivity index (χ4n) is 1.69. The number of hydrogen-bond donors (Lipinski definition) is 0. The zero-order chi connectivity index (χ0) is 13.2. The van der Waals surface area contributed by atoms with Crippen LogP contribution in [-0.4, -0.2) is 31.6 Å². The maximum Gasteiger partial charge on any atom is 0.119 e. The number of nitrogens with zero attached hydrogens (tertiary/aromatic N) is 2. The summed E-state index contributed by atoms with van der Waals surface area (Å²) in [7, 11) is 2.12. The van der Waals surface area contributed by atoms with E-state index in [0.717, 1.165) is 18.8 Å². The van der Waals surface area contributed by atoms with Crippen LogP contribution in [0.4, 0.5) is 0 Å². The van der Waals surface area contributed by atoms with Crippen molar-refractivity contribution < 1.29 is 4.74 Å². The van der Waals surface area contributed by atoms with E-state index >= 15 is 0 Å². The summed E-state index contributed by atoms with van der Waals surface area (Å²) in [5.74, 6) is 0.830. The Hall–Kier alpha value is -1.53. The minimum absolute atomic E-state index is 0.666. The van der Waals surface area contributed by atoms with Gasteiger partial charge in [-0.05, 0) is 44.3 Å². The predicted octanol–water partition coefficient (Wildman–Crippen LogP) is 3.06. The summed E-state index contributed by atoms with van der Waals surface area (Å²) in [6.45, 7) is 4.97. The highest BCUT2D eigenvalue weighted by molar-refractivity contribution is 5.34. The topological polar surface area (TPSA) is 36.3 Å². The molecule has 0 saturated heterocycles. The van der Waals surface area contributed by atoms with E-state index in [1.807, 2.05) is 12.1 Å². The predicted molar refractivity (Wildman–Crippen MR) is 73.7 cm³/mol. The molecular weight excluding hydrogens is 224 g/mol. The number of likely N-dealkylation sites (N-methyl/N-ethyl adjacent to an activating group) is 1. The van der Waals surface area contributed by atoms with E-state index < -0.39 is 0 Å². The molecule has 98 valence electrons. The highest BCUT2D eigenvalue weighted by Crippen LogP contribution is 2.11. The molecule has 0 unspecified atom stereocenters. The Morgan fingerprint density at radius 3 is 2.50 bits per heavy atom. The molecule has 0 aliphatic heterocycles. The molecule has 0 fully saturated rings. The fourth-order valence-corrected chi connectivity index (χ4v) is 1.69. The first-order valence-electron chi connectivity index (χ1n) is 6.57. The first-order chi connectivity index (χ1) is 8.76. The summed E-state index contributed by atoms with van der Waals surface area (Å²) in [6.07, 6.45) is 3.81. The molecule has 0 radical (unpaired) electrons. The van der Waals surface area contributed by atoms with Crippen molar-refractivity contribution in [3.63, 3.8) is 0 Å². The van der Waals surface area contributed by atoms with Crippen LogP contribution in [0.3, 0.4) is 0 Å². The average Bonchev–Trinajstić information content (AvgIpc) is 2.40. The summed E-state index contributed by atoms with van der Waals surface area (Å²) < 4.78 is 5.63. The number of benzene rings is 1. The molecule has 0 aliphatic rings. The van der Waals surface area contributed by atoms with Crippen molar-refractivity contribution in [2.45, 2.75) is 26.2 Å². The molecule has 0 aliphatic carbocycles. The van der Waals surface area contributed by atoms with Crippen LogP contribution in [0.2, 0.25) is 0 Å². The monoisotopic (exact) mass is 246 g/mol. The molecule has 1 aromatic carbocycles. The third-order valence-electron chi connectivity index (χ3n) is 2.87. The second-order valence-corrected chi connectivity index (χ2v) is 4.50. The molecule has 0 atom stereocenters. The maximum absolute atomic E-state index is 8.68. The first kappa shape index (κ1) is 14.5. The Kier molecular flexibility index (Phi) is 6.90. The van der Waals surface area contributed by atoms with Crippen LogP contribution in [-0.2, 0) is 0 Å². The van der Waals surface area contributed by atoms with Gasteiger partial charge in [0, 0.05) is 6.54 Å². The lowest BCUT2D eigenvalue weighted by Gasteiger charge is -2.16. The summed E-state index contributed by atoms with van der Waals surface area (Å²) in [5, 5.41) is 8.68. The van der Waals surface area contributed by atoms with Crippen LogP contribution in [0.15, 0.2) is 24.3 Å². The number of ether oxygens (including phenoxy) is 1. The Morgan fingerprint density at radius 1 is 1.17 bits per heavy atom. The van der Waals surface area contributed by atoms with Crippen molar-refractivity contribution in [1.29, 1.82) is 5.26 Å². The van der Waals surface area contributed by atoms with Gasteiger partial charge in [0.25, 0.3) is 0 Å². The van der Waals surface area contributed by atoms with Crippen LogP contribution in [0.1, 0.15) is 31.7 Å². The Bertz CT molecular complexity index is 367. The number of rotatable bonds is 8. The molecule has 3 heteroatoms. The van der Waals surface area contributed by atoms with Gasteiger partial charge in [-0.3, -0.25) is 0 Å². The second kappa shape index (κ2) is 8.54. The number of hydrogen-bond acceptors (Lipinski definition) is 3. The lowest BCUT2D eigenvalue weighted by atomic mass is 10.2. The molecule has 0 bridgehead atoms. The van der Waals surface area contributed by atoms with Crippen molar-refractivity contribution in [2.75, 3.05) is 26.7 Å². The smallest absolute Gasteiger partial charge is 0.119 e. The zero-order valence-electron chi connectivity index (χ0n) is 11.4. The average molecular weight is 246 g/mol. The molecule has 0 amide bonds. The van der Waals surface area contributed by atoms with Gasteiger partial charge < -0.3 is 9.64 Å². The Labute approximate surface area is 110 Å². The fraction of sp³-hybridized carbons (Fsp3) is 0.533. The van der Waals surface area contributed by atoms with E-state index in [9.17, 15) is 0 Å². The quantitative estimate of drug-likeness (QED) is 0.661. The minimum Gasteiger partial charge on any atom is -0.492 e. The molecule has 0 saturated carbocycles. The van der Waals surface area contributed by atoms with E-state index in [0.29, 0.717) is 12.2 Å². The van der Waals surface area contributed by atoms with E-state index in [2.05, 4.69) is 24.9 Å². The van der Waals surface area contributed by atoms with Crippen LogP contribution >= 0.6 is 0 Å². The molecule has 0 aromatic heterocycles. The third-order valence-corrected chi connectivity index (χ3v) is 2.87. The summed E-state index contributed by atoms with van der Waals surface area (Å²) in [4.78, 5) is 2.29. The van der Waals surface area contributed by atoms with E-state index in [4.69, 9.17) is 10.00 Å². The van der Waals surface area contributed by atoms with Crippen molar-refractivity contribution in [2.24, 2.45) is 0 Å². The Morgan fingerprint density at radius 2 is 1.89 bits per heavy atom. The maximum atomic E-state index is 8.68. The van der Waals surface area contributed by atoms with Crippen LogP contribution < -0.4 is 4.74 Å². The summed E-state index contributed by atoms with van der Waals surface area (Å²) >= 11 is 0. The summed E-state index contributed by atoms with van der Waals surface area (Å²) in [6, 6.07) is 9.34. The molecule has 3 nitrogen and oxygen atoms in total. The van der Waals surface area contributed by atoms with E-state index in [-0.39, 0.29) is 0 Å². The molecule has 0 heterocycles. The highest BCUT2D eigenvalue weighted by atomic mass is 16.5. The molecule has 18 heavy (non-hydrogen) atoms. The van der Waals surface area contributed by atoms with Crippen molar-refractivity contribution in [3.8, 4) is 11.8 Å². The molecule has 0 spiro atoms. The number of unbranched alkanes of at least 4 members (excludes halogenated alkanes) is 2. The van der Waals surface area contributed by atoms with Crippen LogP contribution in [0, 0.1) is 11.3 Å². The SMILES string of the molecule is CCCCCN(C)CCOc1ccc(C#N)cc1. The minimum atomic E-state index is 0.666. The van der Waals surface area contributed by atoms with Gasteiger partial charge >= 0.3 is 0 Å². The van der Waals surface area contributed by atoms with Gasteiger partial charge in [-0.1, -0.05) is 19.8 Å². The molecule has 1 aromatic rings. The molecular formula is C15H22N2O. The van der Waals surface area contributed by atoms with Gasteiger partial charge in [-0.25, -0.2) is 0 Å². The third kappa shape index (κ3) is 5.70. The van der Waals surface area contributed by atoms with Crippen molar-refractivity contribution in [1.82, 2.24) is 4.90 Å². The second-order valence-electron chi connectivity index (χ2n) is 4.50. The van der Waals surface area contributed by atoms with Gasteiger partial charge in [-0.2, -0.15) is 5.26 Å². The number of nitriles is 1. The van der Waals surface area contributed by atoms with E-state index in [1.54, 1.807) is 12.1 Å². The lowest BCUT2D eigenvalue weighted by Crippen LogP contribution is -2.25. The normalized spacial score (nSPS) is 10.3. The Balaban J connectivity index is 2.18. The summed E-state index contributed by atoms with van der Waals surface area (Å²) in [5.41, 5.74) is 0.666. The largest absolute Gasteiger partial charge is 0.492 e.